The lowest BCUT2D eigenvalue weighted by Gasteiger charge is -2.35. The molecule has 0 aromatic carbocycles. The first kappa shape index (κ1) is 118. The Hall–Kier alpha value is 0.760. The Morgan fingerprint density at radius 2 is 0.420 bits per heavy atom. The first-order valence-corrected chi connectivity index (χ1v) is 22.5. The molecule has 0 radical (unpaired) electrons. The molecule has 0 aliphatic carbocycles. The molecule has 8 N–H and O–H groups in total. The molecule has 0 aliphatic heterocycles. The monoisotopic (exact) mass is 1100 g/mol. The van der Waals surface area contributed by atoms with E-state index >= 15 is 0 Å². The van der Waals surface area contributed by atoms with Crippen LogP contribution in [-0.2, 0) is 37.9 Å². The predicted octanol–water partition coefficient (Wildman–Crippen LogP) is 8.63. The van der Waals surface area contributed by atoms with E-state index in [0.717, 1.165) is 0 Å². The van der Waals surface area contributed by atoms with E-state index < -0.39 is 0 Å². The van der Waals surface area contributed by atoms with E-state index in [1.807, 2.05) is 0 Å². The number of hydrogen-bond donors (Lipinski definition) is 8. The topological polar surface area (TPSA) is 236 Å². The van der Waals surface area contributed by atoms with Gasteiger partial charge < -0.3 is 78.7 Å². The lowest BCUT2D eigenvalue weighted by molar-refractivity contribution is -0.0225. The number of thioether (sulfide) groups is 4. The maximum absolute atomic E-state index is 9.38. The molecule has 20 heteroatoms. The first-order valence-electron chi connectivity index (χ1n) is 17.9. The fraction of sp³-hybridized carbons (Fsp3) is 1.00. The lowest BCUT2D eigenvalue weighted by Crippen LogP contribution is -2.37. The Bertz CT molecular complexity index is 634. The largest absolute Gasteiger partial charge is 0.394 e. The van der Waals surface area contributed by atoms with Gasteiger partial charge in [0.2, 0.25) is 0 Å². The van der Waals surface area contributed by atoms with Crippen LogP contribution in [0.3, 0.4) is 0 Å². The summed E-state index contributed by atoms with van der Waals surface area (Å²) in [7, 11) is 0. The Labute approximate surface area is 450 Å². The first-order chi connectivity index (χ1) is 26.0. The normalized spacial score (nSPS) is 11.8. The Morgan fingerprint density at radius 1 is 0.261 bits per heavy atom. The van der Waals surface area contributed by atoms with Crippen molar-refractivity contribution in [2.24, 2.45) is 5.41 Å². The summed E-state index contributed by atoms with van der Waals surface area (Å²) in [5.41, 5.74) is -0.285. The number of ether oxygens (including phenoxy) is 8. The summed E-state index contributed by atoms with van der Waals surface area (Å²) >= 11 is 6.82. The van der Waals surface area contributed by atoms with Crippen molar-refractivity contribution in [1.82, 2.24) is 0 Å². The van der Waals surface area contributed by atoms with E-state index in [9.17, 15) is 40.9 Å². The zero-order valence-corrected chi connectivity index (χ0v) is 34.4. The minimum atomic E-state index is -0.302. The molecule has 0 aliphatic rings. The van der Waals surface area contributed by atoms with Gasteiger partial charge in [-0.05, 0) is 0 Å². The molecule has 69 heavy (non-hydrogen) atoms. The highest BCUT2D eigenvalue weighted by atomic mass is 32.2. The van der Waals surface area contributed by atoms with Crippen LogP contribution in [0.1, 0.15) is 119 Å². The summed E-state index contributed by atoms with van der Waals surface area (Å²) in [6, 6.07) is 0. The maximum Gasteiger partial charge on any atom is 0.0899 e. The second-order valence-corrected chi connectivity index (χ2v) is 15.7. The van der Waals surface area contributed by atoms with Gasteiger partial charge in [-0.15, -0.1) is 0 Å². The van der Waals surface area contributed by atoms with Crippen molar-refractivity contribution >= 4 is 47.0 Å². The second kappa shape index (κ2) is 91.4. The van der Waals surface area contributed by atoms with Crippen LogP contribution in [0.4, 0.5) is 0 Å². The van der Waals surface area contributed by atoms with Crippen molar-refractivity contribution in [3.8, 4) is 0 Å². The third kappa shape index (κ3) is 73.1. The molecule has 0 amide bonds. The van der Waals surface area contributed by atoms with Crippen LogP contribution in [0.25, 0.3) is 0 Å². The summed E-state index contributed by atoms with van der Waals surface area (Å²) in [5.74, 6) is 5.20. The van der Waals surface area contributed by atoms with Crippen LogP contribution < -0.4 is 0 Å². The fourth-order valence-corrected chi connectivity index (χ4v) is 10.5. The Kier molecular flexibility index (Phi) is 157. The van der Waals surface area contributed by atoms with Gasteiger partial charge in [0.1, 0.15) is 0 Å². The van der Waals surface area contributed by atoms with Crippen molar-refractivity contribution < 1.29 is 78.7 Å². The molecular formula is C49H132O16S4. The van der Waals surface area contributed by atoms with Crippen LogP contribution in [0.2, 0.25) is 0 Å². The third-order valence-corrected chi connectivity index (χ3v) is 12.5. The van der Waals surface area contributed by atoms with Crippen molar-refractivity contribution in [2.75, 3.05) is 178 Å². The molecule has 0 fully saturated rings. The Balaban J connectivity index is -0.000000113. The molecule has 0 aromatic heterocycles. The van der Waals surface area contributed by atoms with E-state index in [0.29, 0.717) is 46.0 Å². The van der Waals surface area contributed by atoms with Crippen molar-refractivity contribution in [2.45, 2.75) is 143 Å². The minimum absolute atomic E-state index is 0. The van der Waals surface area contributed by atoms with Gasteiger partial charge in [0.15, 0.2) is 0 Å². The standard InChI is InChI=1S/C33H68O16S4.16CH4/c34-1-9-42-17-29(46-13-5-38)21-50-25-33(26-51-22-30(47-14-6-39)18-43-10-2-35,27-52-23-31(48-15-7-40)19-44-11-3-36)28-53-24-32(49-16-8-41)20-45-12-4-37;;;;;;;;;;;;;;;;/h29-32,34-41H,1-28H2;16*1H4. The van der Waals surface area contributed by atoms with Gasteiger partial charge in [0.25, 0.3) is 0 Å². The smallest absolute Gasteiger partial charge is 0.0899 e. The molecule has 0 saturated heterocycles. The van der Waals surface area contributed by atoms with E-state index in [1.54, 1.807) is 47.0 Å². The molecule has 0 saturated carbocycles. The van der Waals surface area contributed by atoms with Gasteiger partial charge in [0, 0.05) is 51.4 Å². The third-order valence-electron chi connectivity index (χ3n) is 6.78. The molecule has 0 rings (SSSR count). The van der Waals surface area contributed by atoms with Crippen molar-refractivity contribution in [3.05, 3.63) is 0 Å². The molecular weight excluding hydrogens is 973 g/mol. The highest BCUT2D eigenvalue weighted by Crippen LogP contribution is 2.37. The minimum Gasteiger partial charge on any atom is -0.394 e. The van der Waals surface area contributed by atoms with Gasteiger partial charge in [-0.1, -0.05) is 119 Å². The molecule has 16 nitrogen and oxygen atoms in total. The number of aliphatic hydroxyl groups is 8. The molecule has 4 unspecified atom stereocenters. The molecule has 0 spiro atoms. The Morgan fingerprint density at radius 3 is 0.565 bits per heavy atom. The van der Waals surface area contributed by atoms with E-state index in [2.05, 4.69) is 0 Å². The van der Waals surface area contributed by atoms with Crippen molar-refractivity contribution in [1.29, 1.82) is 0 Å². The summed E-state index contributed by atoms with van der Waals surface area (Å²) in [6.45, 7) is 1.53. The summed E-state index contributed by atoms with van der Waals surface area (Å²) < 4.78 is 45.6. The predicted molar refractivity (Wildman–Crippen MR) is 318 cm³/mol. The van der Waals surface area contributed by atoms with Gasteiger partial charge in [-0.25, -0.2) is 0 Å². The molecule has 0 aromatic rings. The molecule has 0 bridgehead atoms. The number of aliphatic hydroxyl groups excluding tert-OH is 8. The second-order valence-electron chi connectivity index (χ2n) is 11.6. The van der Waals surface area contributed by atoms with Gasteiger partial charge >= 0.3 is 0 Å². The number of hydrogen-bond acceptors (Lipinski definition) is 20. The molecule has 448 valence electrons. The summed E-state index contributed by atoms with van der Waals surface area (Å²) in [4.78, 5) is 0. The van der Waals surface area contributed by atoms with Crippen LogP contribution in [0.15, 0.2) is 0 Å². The SMILES string of the molecule is C.C.C.C.C.C.C.C.C.C.C.C.C.C.C.C.OCCOCC(CSCC(CSCC(COCCO)OCCO)(CSCC(COCCO)OCCO)CSCC(COCCO)OCCO)OCCO. The van der Waals surface area contributed by atoms with Crippen molar-refractivity contribution in [3.63, 3.8) is 0 Å². The zero-order chi connectivity index (χ0) is 39.1. The average Bonchev–Trinajstić information content (AvgIpc) is 3.16. The van der Waals surface area contributed by atoms with Crippen LogP contribution in [0, 0.1) is 5.41 Å². The van der Waals surface area contributed by atoms with E-state index in [1.165, 1.54) is 0 Å². The fourth-order valence-electron chi connectivity index (χ4n) is 4.45. The molecule has 4 atom stereocenters. The highest BCUT2D eigenvalue weighted by Gasteiger charge is 2.32. The lowest BCUT2D eigenvalue weighted by atomic mass is 9.99. The zero-order valence-electron chi connectivity index (χ0n) is 31.1. The van der Waals surface area contributed by atoms with Crippen LogP contribution in [0.5, 0.6) is 0 Å². The van der Waals surface area contributed by atoms with Crippen LogP contribution >= 0.6 is 47.0 Å². The van der Waals surface area contributed by atoms with E-state index in [4.69, 9.17) is 37.9 Å². The highest BCUT2D eigenvalue weighted by molar-refractivity contribution is 8.02. The number of rotatable bonds is 44. The van der Waals surface area contributed by atoms with Gasteiger partial charge in [-0.2, -0.15) is 47.0 Å². The maximum atomic E-state index is 9.38. The summed E-state index contributed by atoms with van der Waals surface area (Å²) in [5, 5.41) is 74.3. The van der Waals surface area contributed by atoms with E-state index in [-0.39, 0.29) is 281 Å². The average molecular weight is 1110 g/mol. The van der Waals surface area contributed by atoms with Gasteiger partial charge in [0.05, 0.1) is 157 Å². The van der Waals surface area contributed by atoms with Crippen LogP contribution in [-0.4, -0.2) is 243 Å². The summed E-state index contributed by atoms with van der Waals surface area (Å²) in [6.07, 6.45) is -1.21. The molecule has 0 heterocycles. The van der Waals surface area contributed by atoms with Gasteiger partial charge in [-0.3, -0.25) is 0 Å². The quantitative estimate of drug-likeness (QED) is 0.0267.